The molecule has 146 valence electrons. The van der Waals surface area contributed by atoms with E-state index in [1.165, 1.54) is 7.11 Å². The van der Waals surface area contributed by atoms with E-state index in [0.29, 0.717) is 16.5 Å². The van der Waals surface area contributed by atoms with Crippen LogP contribution in [0.5, 0.6) is 5.75 Å². The summed E-state index contributed by atoms with van der Waals surface area (Å²) in [6.07, 6.45) is -0.129. The maximum atomic E-state index is 11.6. The number of methoxy groups -OCH3 is 2. The zero-order valence-electron chi connectivity index (χ0n) is 15.1. The van der Waals surface area contributed by atoms with Gasteiger partial charge in [-0.1, -0.05) is 29.3 Å². The highest BCUT2D eigenvalue weighted by Gasteiger charge is 2.33. The molecule has 0 spiro atoms. The quantitative estimate of drug-likeness (QED) is 0.698. The number of hydrazone groups is 1. The first-order valence-electron chi connectivity index (χ1n) is 8.28. The fraction of sp³-hybridized carbons (Fsp3) is 0.211. The number of ether oxygens (including phenoxy) is 2. The van der Waals surface area contributed by atoms with Crippen LogP contribution in [0, 0.1) is 0 Å². The summed E-state index contributed by atoms with van der Waals surface area (Å²) in [5.41, 5.74) is 2.51. The molecule has 9 heteroatoms. The first kappa shape index (κ1) is 20.4. The predicted molar refractivity (Wildman–Crippen MR) is 113 cm³/mol. The second-order valence-corrected chi connectivity index (χ2v) is 7.16. The fourth-order valence-electron chi connectivity index (χ4n) is 2.87. The standard InChI is InChI=1S/C19H17Cl2N3O3S/c1-26-13-6-3-11(4-7-13)16-10-17(14-8-5-12(20)9-15(14)21)24(23-16)18(28)22-19(25)27-2/h3-9,17H,10H2,1-2H3,(H,22,25,28). The summed E-state index contributed by atoms with van der Waals surface area (Å²) >= 11 is 17.8. The van der Waals surface area contributed by atoms with E-state index in [-0.39, 0.29) is 11.2 Å². The van der Waals surface area contributed by atoms with Gasteiger partial charge >= 0.3 is 6.09 Å². The summed E-state index contributed by atoms with van der Waals surface area (Å²) in [6, 6.07) is 12.5. The molecule has 0 radical (unpaired) electrons. The van der Waals surface area contributed by atoms with Gasteiger partial charge in [-0.15, -0.1) is 0 Å². The van der Waals surface area contributed by atoms with Gasteiger partial charge in [0.15, 0.2) is 5.11 Å². The summed E-state index contributed by atoms with van der Waals surface area (Å²) in [5.74, 6) is 0.749. The highest BCUT2D eigenvalue weighted by Crippen LogP contribution is 2.37. The van der Waals surface area contributed by atoms with Crippen LogP contribution in [0.1, 0.15) is 23.6 Å². The van der Waals surface area contributed by atoms with Crippen LogP contribution in [-0.4, -0.2) is 36.1 Å². The number of carbonyl (C=O) groups excluding carboxylic acids is 1. The topological polar surface area (TPSA) is 63.2 Å². The van der Waals surface area contributed by atoms with Crippen LogP contribution < -0.4 is 10.1 Å². The average molecular weight is 438 g/mol. The summed E-state index contributed by atoms with van der Waals surface area (Å²) in [6.45, 7) is 0. The van der Waals surface area contributed by atoms with Crippen molar-refractivity contribution in [2.24, 2.45) is 5.10 Å². The normalized spacial score (nSPS) is 15.8. The Morgan fingerprint density at radius 1 is 1.21 bits per heavy atom. The van der Waals surface area contributed by atoms with Crippen molar-refractivity contribution >= 4 is 52.3 Å². The SMILES string of the molecule is COC(=O)NC(=S)N1N=C(c2ccc(OC)cc2)CC1c1ccc(Cl)cc1Cl. The number of alkyl carbamates (subject to hydrolysis) is 1. The Morgan fingerprint density at radius 2 is 1.93 bits per heavy atom. The van der Waals surface area contributed by atoms with Crippen LogP contribution in [0.25, 0.3) is 0 Å². The third-order valence-electron chi connectivity index (χ3n) is 4.26. The van der Waals surface area contributed by atoms with Crippen molar-refractivity contribution in [3.63, 3.8) is 0 Å². The Labute approximate surface area is 178 Å². The summed E-state index contributed by atoms with van der Waals surface area (Å²) in [4.78, 5) is 11.6. The molecule has 1 unspecified atom stereocenters. The van der Waals surface area contributed by atoms with Crippen molar-refractivity contribution in [1.82, 2.24) is 10.3 Å². The maximum absolute atomic E-state index is 11.6. The summed E-state index contributed by atoms with van der Waals surface area (Å²) in [7, 11) is 2.88. The van der Waals surface area contributed by atoms with Gasteiger partial charge in [0.2, 0.25) is 0 Å². The van der Waals surface area contributed by atoms with Crippen molar-refractivity contribution in [1.29, 1.82) is 0 Å². The summed E-state index contributed by atoms with van der Waals surface area (Å²) in [5, 5.41) is 9.82. The molecular weight excluding hydrogens is 421 g/mol. The lowest BCUT2D eigenvalue weighted by molar-refractivity contribution is 0.175. The van der Waals surface area contributed by atoms with E-state index in [9.17, 15) is 4.79 Å². The molecule has 1 aliphatic rings. The lowest BCUT2D eigenvalue weighted by atomic mass is 9.98. The molecule has 0 bridgehead atoms. The number of halogens is 2. The largest absolute Gasteiger partial charge is 0.497 e. The van der Waals surface area contributed by atoms with Crippen LogP contribution >= 0.6 is 35.4 Å². The Bertz CT molecular complexity index is 935. The monoisotopic (exact) mass is 437 g/mol. The molecule has 1 amide bonds. The van der Waals surface area contributed by atoms with E-state index in [4.69, 9.17) is 40.2 Å². The zero-order chi connectivity index (χ0) is 20.3. The average Bonchev–Trinajstić information content (AvgIpc) is 3.13. The number of carbonyl (C=O) groups is 1. The number of amides is 1. The van der Waals surface area contributed by atoms with E-state index >= 15 is 0 Å². The molecule has 6 nitrogen and oxygen atoms in total. The maximum Gasteiger partial charge on any atom is 0.413 e. The second kappa shape index (κ2) is 8.77. The molecule has 0 fully saturated rings. The van der Waals surface area contributed by atoms with Crippen LogP contribution in [0.3, 0.4) is 0 Å². The number of nitrogens with one attached hydrogen (secondary N) is 1. The summed E-state index contributed by atoms with van der Waals surface area (Å²) < 4.78 is 9.83. The molecule has 0 saturated heterocycles. The first-order chi connectivity index (χ1) is 13.4. The lowest BCUT2D eigenvalue weighted by Crippen LogP contribution is -2.40. The highest BCUT2D eigenvalue weighted by molar-refractivity contribution is 7.80. The molecular formula is C19H17Cl2N3O3S. The molecule has 3 rings (SSSR count). The fourth-order valence-corrected chi connectivity index (χ4v) is 3.65. The number of benzene rings is 2. The number of hydrogen-bond acceptors (Lipinski definition) is 5. The van der Waals surface area contributed by atoms with Gasteiger partial charge in [-0.2, -0.15) is 5.10 Å². The highest BCUT2D eigenvalue weighted by atomic mass is 35.5. The second-order valence-electron chi connectivity index (χ2n) is 5.93. The molecule has 1 N–H and O–H groups in total. The van der Waals surface area contributed by atoms with Crippen molar-refractivity contribution in [3.8, 4) is 5.75 Å². The molecule has 0 aliphatic carbocycles. The van der Waals surface area contributed by atoms with Gasteiger partial charge in [0.1, 0.15) is 5.75 Å². The van der Waals surface area contributed by atoms with E-state index in [1.807, 2.05) is 30.3 Å². The van der Waals surface area contributed by atoms with E-state index < -0.39 is 6.09 Å². The minimum atomic E-state index is -0.668. The molecule has 0 saturated carbocycles. The van der Waals surface area contributed by atoms with Crippen molar-refractivity contribution < 1.29 is 14.3 Å². The van der Waals surface area contributed by atoms with Gasteiger partial charge in [0.05, 0.1) is 26.0 Å². The van der Waals surface area contributed by atoms with Gasteiger partial charge in [0, 0.05) is 16.5 Å². The zero-order valence-corrected chi connectivity index (χ0v) is 17.4. The molecule has 1 aliphatic heterocycles. The smallest absolute Gasteiger partial charge is 0.413 e. The van der Waals surface area contributed by atoms with Gasteiger partial charge in [-0.05, 0) is 59.7 Å². The Hall–Kier alpha value is -2.35. The molecule has 2 aromatic carbocycles. The number of rotatable bonds is 3. The van der Waals surface area contributed by atoms with Crippen molar-refractivity contribution in [2.75, 3.05) is 14.2 Å². The third-order valence-corrected chi connectivity index (χ3v) is 5.11. The van der Waals surface area contributed by atoms with E-state index in [0.717, 1.165) is 22.6 Å². The molecule has 1 atom stereocenters. The molecule has 1 heterocycles. The van der Waals surface area contributed by atoms with Crippen LogP contribution in [0.4, 0.5) is 4.79 Å². The van der Waals surface area contributed by atoms with Crippen LogP contribution in [0.2, 0.25) is 10.0 Å². The molecule has 28 heavy (non-hydrogen) atoms. The van der Waals surface area contributed by atoms with Crippen molar-refractivity contribution in [3.05, 3.63) is 63.6 Å². The van der Waals surface area contributed by atoms with Crippen LogP contribution in [0.15, 0.2) is 47.6 Å². The van der Waals surface area contributed by atoms with Gasteiger partial charge in [-0.25, -0.2) is 9.80 Å². The Balaban J connectivity index is 1.95. The minimum absolute atomic E-state index is 0.117. The first-order valence-corrected chi connectivity index (χ1v) is 9.44. The van der Waals surface area contributed by atoms with E-state index in [1.54, 1.807) is 24.3 Å². The van der Waals surface area contributed by atoms with E-state index in [2.05, 4.69) is 15.2 Å². The lowest BCUT2D eigenvalue weighted by Gasteiger charge is -2.24. The van der Waals surface area contributed by atoms with Gasteiger partial charge in [-0.3, -0.25) is 5.32 Å². The van der Waals surface area contributed by atoms with Crippen LogP contribution in [-0.2, 0) is 4.74 Å². The minimum Gasteiger partial charge on any atom is -0.497 e. The Morgan fingerprint density at radius 3 is 2.54 bits per heavy atom. The predicted octanol–water partition coefficient (Wildman–Crippen LogP) is 4.79. The van der Waals surface area contributed by atoms with Crippen molar-refractivity contribution in [2.45, 2.75) is 12.5 Å². The van der Waals surface area contributed by atoms with Gasteiger partial charge < -0.3 is 9.47 Å². The Kier molecular flexibility index (Phi) is 6.39. The molecule has 0 aromatic heterocycles. The van der Waals surface area contributed by atoms with Gasteiger partial charge in [0.25, 0.3) is 0 Å². The molecule has 2 aromatic rings. The number of hydrogen-bond donors (Lipinski definition) is 1. The number of nitrogens with zero attached hydrogens (tertiary/aromatic N) is 2. The third kappa shape index (κ3) is 4.38. The number of thiocarbonyl (C=S) groups is 1.